The second kappa shape index (κ2) is 9.30. The highest BCUT2D eigenvalue weighted by atomic mass is 19.4. The zero-order chi connectivity index (χ0) is 27.4. The van der Waals surface area contributed by atoms with E-state index in [0.717, 1.165) is 36.1 Å². The van der Waals surface area contributed by atoms with E-state index in [0.29, 0.717) is 41.7 Å². The van der Waals surface area contributed by atoms with Gasteiger partial charge < -0.3 is 20.7 Å². The summed E-state index contributed by atoms with van der Waals surface area (Å²) in [6.45, 7) is 4.16. The Labute approximate surface area is 217 Å². The van der Waals surface area contributed by atoms with E-state index in [9.17, 15) is 22.8 Å². The zero-order valence-corrected chi connectivity index (χ0v) is 21.4. The van der Waals surface area contributed by atoms with Crippen LogP contribution in [-0.2, 0) is 21.3 Å². The molecular weight excluding hydrogens is 499 g/mol. The molecule has 202 valence electrons. The molecule has 1 unspecified atom stereocenters. The largest absolute Gasteiger partial charge is 0.416 e. The molecule has 0 bridgehead atoms. The van der Waals surface area contributed by atoms with Crippen molar-refractivity contribution in [1.82, 2.24) is 15.1 Å². The molecule has 2 aromatic carbocycles. The van der Waals surface area contributed by atoms with Gasteiger partial charge in [-0.05, 0) is 73.1 Å². The van der Waals surface area contributed by atoms with Crippen molar-refractivity contribution in [3.8, 4) is 0 Å². The quantitative estimate of drug-likeness (QED) is 0.400. The molecule has 11 heteroatoms. The van der Waals surface area contributed by atoms with E-state index >= 15 is 0 Å². The third-order valence-electron chi connectivity index (χ3n) is 7.69. The molecule has 0 spiro atoms. The summed E-state index contributed by atoms with van der Waals surface area (Å²) in [4.78, 5) is 26.8. The van der Waals surface area contributed by atoms with Gasteiger partial charge in [0.25, 0.3) is 5.56 Å². The van der Waals surface area contributed by atoms with Crippen molar-refractivity contribution in [3.05, 3.63) is 62.9 Å². The third kappa shape index (κ3) is 4.70. The predicted octanol–water partition coefficient (Wildman–Crippen LogP) is 4.67. The molecule has 1 saturated carbocycles. The number of methoxy groups -OCH3 is 1. The van der Waals surface area contributed by atoms with Gasteiger partial charge >= 0.3 is 6.18 Å². The Morgan fingerprint density at radius 2 is 2.00 bits per heavy atom. The molecule has 1 saturated heterocycles. The second-order valence-corrected chi connectivity index (χ2v) is 10.3. The summed E-state index contributed by atoms with van der Waals surface area (Å²) >= 11 is 0. The molecule has 2 aliphatic rings. The Hall–Kier alpha value is -3.60. The highest BCUT2D eigenvalue weighted by molar-refractivity contribution is 5.94. The summed E-state index contributed by atoms with van der Waals surface area (Å²) in [5.74, 6) is 0.509. The van der Waals surface area contributed by atoms with E-state index in [1.54, 1.807) is 18.9 Å². The Balaban J connectivity index is 1.61. The number of carbonyl (C=O) groups is 1. The summed E-state index contributed by atoms with van der Waals surface area (Å²) in [5, 5.41) is 11.0. The number of halogens is 3. The van der Waals surface area contributed by atoms with Crippen molar-refractivity contribution in [2.75, 3.05) is 31.2 Å². The van der Waals surface area contributed by atoms with Gasteiger partial charge in [-0.2, -0.15) is 18.3 Å². The van der Waals surface area contributed by atoms with Crippen molar-refractivity contribution in [2.45, 2.75) is 56.8 Å². The fourth-order valence-electron chi connectivity index (χ4n) is 5.37. The number of nitrogens with one attached hydrogen (secondary N) is 2. The lowest BCUT2D eigenvalue weighted by molar-refractivity contribution is -0.137. The van der Waals surface area contributed by atoms with Crippen LogP contribution >= 0.6 is 0 Å². The lowest BCUT2D eigenvalue weighted by Gasteiger charge is -2.29. The minimum Gasteiger partial charge on any atom is -0.399 e. The molecular formula is C27H30F3N5O3. The van der Waals surface area contributed by atoms with Crippen LogP contribution in [0.5, 0.6) is 0 Å². The predicted molar refractivity (Wildman–Crippen MR) is 138 cm³/mol. The maximum Gasteiger partial charge on any atom is 0.416 e. The lowest BCUT2D eigenvalue weighted by atomic mass is 9.88. The SMILES string of the molecule is COC1(c2cc(C3CC3)c3c(=O)[nH]nc(N[C@H](C)c4cc(N)cc(C(F)(F)F)c4)c3c2)CCN(C(C)=O)C1. The molecule has 1 amide bonds. The number of carbonyl (C=O) groups excluding carboxylic acids is 1. The van der Waals surface area contributed by atoms with Gasteiger partial charge in [-0.25, -0.2) is 5.10 Å². The number of benzene rings is 2. The zero-order valence-electron chi connectivity index (χ0n) is 21.4. The molecule has 1 aliphatic heterocycles. The molecule has 38 heavy (non-hydrogen) atoms. The molecule has 4 N–H and O–H groups in total. The first kappa shape index (κ1) is 26.0. The number of nitrogens with two attached hydrogens (primary N) is 1. The van der Waals surface area contributed by atoms with Gasteiger partial charge in [0, 0.05) is 31.7 Å². The number of anilines is 2. The number of nitrogen functional groups attached to an aromatic ring is 1. The topological polar surface area (TPSA) is 113 Å². The molecule has 2 heterocycles. The highest BCUT2D eigenvalue weighted by Crippen LogP contribution is 2.46. The normalized spacial score (nSPS) is 20.6. The molecule has 3 aromatic rings. The lowest BCUT2D eigenvalue weighted by Crippen LogP contribution is -2.35. The van der Waals surface area contributed by atoms with Crippen molar-refractivity contribution < 1.29 is 22.7 Å². The van der Waals surface area contributed by atoms with Crippen molar-refractivity contribution in [2.24, 2.45) is 0 Å². The van der Waals surface area contributed by atoms with E-state index < -0.39 is 23.4 Å². The number of aromatic amines is 1. The second-order valence-electron chi connectivity index (χ2n) is 10.3. The number of hydrogen-bond acceptors (Lipinski definition) is 6. The Morgan fingerprint density at radius 3 is 2.61 bits per heavy atom. The Morgan fingerprint density at radius 1 is 1.26 bits per heavy atom. The van der Waals surface area contributed by atoms with Crippen LogP contribution in [0.1, 0.15) is 67.3 Å². The number of alkyl halides is 3. The molecule has 0 radical (unpaired) electrons. The van der Waals surface area contributed by atoms with Crippen molar-refractivity contribution in [1.29, 1.82) is 0 Å². The third-order valence-corrected chi connectivity index (χ3v) is 7.69. The van der Waals surface area contributed by atoms with Crippen LogP contribution in [0, 0.1) is 0 Å². The van der Waals surface area contributed by atoms with Gasteiger partial charge in [0.1, 0.15) is 5.60 Å². The number of fused-ring (bicyclic) bond motifs is 1. The number of aromatic nitrogens is 2. The van der Waals surface area contributed by atoms with E-state index in [1.165, 1.54) is 13.0 Å². The first-order chi connectivity index (χ1) is 17.9. The van der Waals surface area contributed by atoms with Crippen LogP contribution < -0.4 is 16.6 Å². The minimum absolute atomic E-state index is 0.000591. The molecule has 1 aromatic heterocycles. The van der Waals surface area contributed by atoms with Gasteiger partial charge in [0.2, 0.25) is 5.91 Å². The average Bonchev–Trinajstić information content (AvgIpc) is 3.61. The molecule has 8 nitrogen and oxygen atoms in total. The summed E-state index contributed by atoms with van der Waals surface area (Å²) < 4.78 is 46.2. The summed E-state index contributed by atoms with van der Waals surface area (Å²) in [6.07, 6.45) is -2.05. The van der Waals surface area contributed by atoms with E-state index in [2.05, 4.69) is 15.5 Å². The summed E-state index contributed by atoms with van der Waals surface area (Å²) in [7, 11) is 1.61. The average molecular weight is 530 g/mol. The maximum atomic E-state index is 13.4. The molecule has 5 rings (SSSR count). The number of H-pyrrole nitrogens is 1. The molecule has 2 atom stereocenters. The van der Waals surface area contributed by atoms with Gasteiger partial charge in [-0.15, -0.1) is 0 Å². The maximum absolute atomic E-state index is 13.4. The number of amides is 1. The number of nitrogens with zero attached hydrogens (tertiary/aromatic N) is 2. The van der Waals surface area contributed by atoms with E-state index in [1.807, 2.05) is 12.1 Å². The van der Waals surface area contributed by atoms with E-state index in [4.69, 9.17) is 10.5 Å². The van der Waals surface area contributed by atoms with Gasteiger partial charge in [0.05, 0.1) is 23.5 Å². The van der Waals surface area contributed by atoms with E-state index in [-0.39, 0.29) is 23.1 Å². The van der Waals surface area contributed by atoms with Crippen LogP contribution in [0.15, 0.2) is 35.1 Å². The number of likely N-dealkylation sites (tertiary alicyclic amines) is 1. The van der Waals surface area contributed by atoms with Gasteiger partial charge in [0.15, 0.2) is 5.82 Å². The van der Waals surface area contributed by atoms with Crippen LogP contribution in [-0.4, -0.2) is 41.2 Å². The highest BCUT2D eigenvalue weighted by Gasteiger charge is 2.42. The first-order valence-corrected chi connectivity index (χ1v) is 12.5. The van der Waals surface area contributed by atoms with Crippen molar-refractivity contribution in [3.63, 3.8) is 0 Å². The summed E-state index contributed by atoms with van der Waals surface area (Å²) in [6, 6.07) is 6.68. The number of rotatable bonds is 6. The smallest absolute Gasteiger partial charge is 0.399 e. The number of ether oxygens (including phenoxy) is 1. The van der Waals surface area contributed by atoms with Crippen LogP contribution in [0.3, 0.4) is 0 Å². The number of hydrogen-bond donors (Lipinski definition) is 3. The monoisotopic (exact) mass is 529 g/mol. The fraction of sp³-hybridized carbons (Fsp3) is 0.444. The molecule has 1 aliphatic carbocycles. The van der Waals surface area contributed by atoms with Crippen LogP contribution in [0.25, 0.3) is 10.8 Å². The first-order valence-electron chi connectivity index (χ1n) is 12.5. The summed E-state index contributed by atoms with van der Waals surface area (Å²) in [5.41, 5.74) is 5.92. The van der Waals surface area contributed by atoms with Crippen LogP contribution in [0.2, 0.25) is 0 Å². The van der Waals surface area contributed by atoms with Crippen LogP contribution in [0.4, 0.5) is 24.7 Å². The van der Waals surface area contributed by atoms with Crippen molar-refractivity contribution >= 4 is 28.2 Å². The Kier molecular flexibility index (Phi) is 6.37. The molecule has 2 fully saturated rings. The minimum atomic E-state index is -4.54. The van der Waals surface area contributed by atoms with Gasteiger partial charge in [-0.1, -0.05) is 6.07 Å². The standard InChI is InChI=1S/C27H30F3N5O3/c1-14(17-8-19(27(28,29)30)10-20(31)9-17)32-24-22-12-18(26(38-3)6-7-35(13-26)15(2)36)11-21(16-4-5-16)23(22)25(37)34-33-24/h8-12,14,16H,4-7,13,31H2,1-3H3,(H,32,33)(H,34,37)/t14-,26?/m1/s1. The fourth-order valence-corrected chi connectivity index (χ4v) is 5.37. The van der Waals surface area contributed by atoms with Gasteiger partial charge in [-0.3, -0.25) is 9.59 Å². The Bertz CT molecular complexity index is 1470.